The van der Waals surface area contributed by atoms with E-state index >= 15 is 0 Å². The summed E-state index contributed by atoms with van der Waals surface area (Å²) in [5.74, 6) is -4.05. The standard InChI is InChI=1S/C23H23F4N3O5/c1-3-29-11-22(7-13(22)10-35-2)30-9-14(18(31)19(32)17(30)21(29)34)20(33)28-8-12-5-4-6-15(16(12)24)23(25,26)27/h4-6,9,13,32H,3,7-8,10-11H2,1-2H3,(H,28,33). The highest BCUT2D eigenvalue weighted by molar-refractivity contribution is 5.99. The summed E-state index contributed by atoms with van der Waals surface area (Å²) >= 11 is 0. The molecular weight excluding hydrogens is 474 g/mol. The van der Waals surface area contributed by atoms with E-state index in [1.807, 2.05) is 0 Å². The van der Waals surface area contributed by atoms with Gasteiger partial charge in [0.25, 0.3) is 11.8 Å². The van der Waals surface area contributed by atoms with Crippen molar-refractivity contribution in [3.8, 4) is 5.75 Å². The van der Waals surface area contributed by atoms with E-state index in [0.29, 0.717) is 32.2 Å². The molecular formula is C23H23F4N3O5. The number of fused-ring (bicyclic) bond motifs is 2. The monoisotopic (exact) mass is 497 g/mol. The number of hydrogen-bond acceptors (Lipinski definition) is 5. The third-order valence-electron chi connectivity index (χ3n) is 6.63. The molecule has 0 radical (unpaired) electrons. The number of ether oxygens (including phenoxy) is 1. The summed E-state index contributed by atoms with van der Waals surface area (Å²) in [6.07, 6.45) is -3.16. The summed E-state index contributed by atoms with van der Waals surface area (Å²) < 4.78 is 59.8. The van der Waals surface area contributed by atoms with Crippen LogP contribution in [0, 0.1) is 11.7 Å². The molecule has 1 aliphatic heterocycles. The van der Waals surface area contributed by atoms with Gasteiger partial charge in [-0.2, -0.15) is 13.2 Å². The second-order valence-electron chi connectivity index (χ2n) is 8.68. The first-order valence-corrected chi connectivity index (χ1v) is 10.9. The zero-order valence-corrected chi connectivity index (χ0v) is 18.9. The fourth-order valence-electron chi connectivity index (χ4n) is 4.68. The molecule has 2 aliphatic rings. The van der Waals surface area contributed by atoms with Crippen LogP contribution in [0.25, 0.3) is 0 Å². The van der Waals surface area contributed by atoms with Gasteiger partial charge < -0.3 is 24.6 Å². The lowest BCUT2D eigenvalue weighted by Gasteiger charge is -2.37. The van der Waals surface area contributed by atoms with Gasteiger partial charge in [0.1, 0.15) is 11.4 Å². The Morgan fingerprint density at radius 2 is 2.03 bits per heavy atom. The Morgan fingerprint density at radius 3 is 2.66 bits per heavy atom. The van der Waals surface area contributed by atoms with E-state index < -0.39 is 63.8 Å². The zero-order valence-electron chi connectivity index (χ0n) is 18.9. The maximum atomic E-state index is 14.3. The van der Waals surface area contributed by atoms with Crippen molar-refractivity contribution in [2.24, 2.45) is 5.92 Å². The highest BCUT2D eigenvalue weighted by Crippen LogP contribution is 2.54. The maximum absolute atomic E-state index is 14.3. The molecule has 8 nitrogen and oxygen atoms in total. The summed E-state index contributed by atoms with van der Waals surface area (Å²) in [5.41, 5.74) is -4.44. The number of carbonyl (C=O) groups excluding carboxylic acids is 2. The molecule has 2 atom stereocenters. The number of nitrogens with zero attached hydrogens (tertiary/aromatic N) is 2. The van der Waals surface area contributed by atoms with Crippen LogP contribution in [0.4, 0.5) is 17.6 Å². The molecule has 0 saturated heterocycles. The van der Waals surface area contributed by atoms with Gasteiger partial charge in [-0.15, -0.1) is 0 Å². The van der Waals surface area contributed by atoms with Crippen molar-refractivity contribution in [3.63, 3.8) is 0 Å². The number of benzene rings is 1. The van der Waals surface area contributed by atoms with Gasteiger partial charge >= 0.3 is 6.18 Å². The van der Waals surface area contributed by atoms with Crippen molar-refractivity contribution < 1.29 is 37.0 Å². The number of aromatic hydroxyl groups is 1. The normalized spacial score (nSPS) is 21.3. The first-order valence-electron chi connectivity index (χ1n) is 10.9. The van der Waals surface area contributed by atoms with Gasteiger partial charge in [-0.1, -0.05) is 12.1 Å². The van der Waals surface area contributed by atoms with Crippen LogP contribution < -0.4 is 10.7 Å². The van der Waals surface area contributed by atoms with E-state index in [4.69, 9.17) is 4.74 Å². The van der Waals surface area contributed by atoms with Crippen LogP contribution in [0.5, 0.6) is 5.75 Å². The molecule has 188 valence electrons. The molecule has 35 heavy (non-hydrogen) atoms. The summed E-state index contributed by atoms with van der Waals surface area (Å²) in [4.78, 5) is 40.0. The molecule has 1 saturated carbocycles. The third-order valence-corrected chi connectivity index (χ3v) is 6.63. The van der Waals surface area contributed by atoms with Gasteiger partial charge in [-0.3, -0.25) is 14.4 Å². The highest BCUT2D eigenvalue weighted by Gasteiger charge is 2.60. The topological polar surface area (TPSA) is 101 Å². The van der Waals surface area contributed by atoms with E-state index in [2.05, 4.69) is 5.32 Å². The number of alkyl halides is 3. The number of pyridine rings is 1. The number of halogens is 4. The number of nitrogens with one attached hydrogen (secondary N) is 1. The van der Waals surface area contributed by atoms with Crippen LogP contribution in [0.2, 0.25) is 0 Å². The fraction of sp³-hybridized carbons (Fsp3) is 0.435. The molecule has 2 N–H and O–H groups in total. The van der Waals surface area contributed by atoms with Crippen LogP contribution in [0.1, 0.15) is 45.3 Å². The summed E-state index contributed by atoms with van der Waals surface area (Å²) in [7, 11) is 1.52. The Bertz CT molecular complexity index is 1260. The summed E-state index contributed by atoms with van der Waals surface area (Å²) in [6, 6.07) is 2.66. The minimum Gasteiger partial charge on any atom is -0.503 e. The molecule has 1 aromatic heterocycles. The summed E-state index contributed by atoms with van der Waals surface area (Å²) in [6.45, 7) is 2.13. The van der Waals surface area contributed by atoms with Crippen molar-refractivity contribution in [2.75, 3.05) is 26.8 Å². The molecule has 2 amide bonds. The Labute approximate surface area is 197 Å². The number of likely N-dealkylation sites (N-methyl/N-ethyl adjacent to an activating group) is 1. The predicted octanol–water partition coefficient (Wildman–Crippen LogP) is 2.48. The van der Waals surface area contributed by atoms with Gasteiger partial charge in [0.2, 0.25) is 5.43 Å². The minimum atomic E-state index is -4.91. The van der Waals surface area contributed by atoms with Crippen molar-refractivity contribution in [3.05, 3.63) is 62.8 Å². The first kappa shape index (κ1) is 24.7. The largest absolute Gasteiger partial charge is 0.503 e. The van der Waals surface area contributed by atoms with Gasteiger partial charge in [0.05, 0.1) is 17.7 Å². The fourth-order valence-corrected chi connectivity index (χ4v) is 4.68. The summed E-state index contributed by atoms with van der Waals surface area (Å²) in [5, 5.41) is 12.8. The average Bonchev–Trinajstić information content (AvgIpc) is 3.49. The van der Waals surface area contributed by atoms with E-state index in [1.165, 1.54) is 22.8 Å². The molecule has 1 aromatic carbocycles. The Hall–Kier alpha value is -3.41. The van der Waals surface area contributed by atoms with Crippen LogP contribution >= 0.6 is 0 Å². The number of rotatable bonds is 6. The Balaban J connectivity index is 1.68. The number of carbonyl (C=O) groups is 2. The van der Waals surface area contributed by atoms with Crippen molar-refractivity contribution in [1.82, 2.24) is 14.8 Å². The van der Waals surface area contributed by atoms with E-state index in [-0.39, 0.29) is 11.6 Å². The predicted molar refractivity (Wildman–Crippen MR) is 114 cm³/mol. The molecule has 2 unspecified atom stereocenters. The molecule has 1 spiro atoms. The molecule has 2 aromatic rings. The minimum absolute atomic E-state index is 0.0367. The lowest BCUT2D eigenvalue weighted by molar-refractivity contribution is -0.140. The smallest absolute Gasteiger partial charge is 0.419 e. The van der Waals surface area contributed by atoms with E-state index in [1.54, 1.807) is 6.92 Å². The quantitative estimate of drug-likeness (QED) is 0.598. The van der Waals surface area contributed by atoms with Crippen LogP contribution in [-0.2, 0) is 23.0 Å². The average molecular weight is 497 g/mol. The molecule has 1 fully saturated rings. The van der Waals surface area contributed by atoms with Crippen LogP contribution in [-0.4, -0.2) is 53.2 Å². The first-order chi connectivity index (χ1) is 16.5. The second-order valence-corrected chi connectivity index (χ2v) is 8.68. The number of aromatic nitrogens is 1. The van der Waals surface area contributed by atoms with Crippen molar-refractivity contribution in [1.29, 1.82) is 0 Å². The highest BCUT2D eigenvalue weighted by atomic mass is 19.4. The van der Waals surface area contributed by atoms with Crippen LogP contribution in [0.15, 0.2) is 29.2 Å². The van der Waals surface area contributed by atoms with E-state index in [9.17, 15) is 37.1 Å². The second kappa shape index (κ2) is 8.67. The molecule has 0 bridgehead atoms. The SMILES string of the molecule is CCN1CC2(CC2COC)n2cc(C(=O)NCc3cccc(C(F)(F)F)c3F)c(=O)c(O)c2C1=O. The molecule has 1 aliphatic carbocycles. The molecule has 12 heteroatoms. The maximum Gasteiger partial charge on any atom is 0.419 e. The lowest BCUT2D eigenvalue weighted by Crippen LogP contribution is -2.49. The Kier molecular flexibility index (Phi) is 6.12. The van der Waals surface area contributed by atoms with Gasteiger partial charge in [0, 0.05) is 44.4 Å². The zero-order chi connectivity index (χ0) is 25.7. The number of amides is 2. The van der Waals surface area contributed by atoms with Crippen molar-refractivity contribution >= 4 is 11.8 Å². The molecule has 4 rings (SSSR count). The third kappa shape index (κ3) is 4.05. The Morgan fingerprint density at radius 1 is 1.31 bits per heavy atom. The lowest BCUT2D eigenvalue weighted by atomic mass is 10.0. The number of hydrogen-bond donors (Lipinski definition) is 2. The van der Waals surface area contributed by atoms with Crippen LogP contribution in [0.3, 0.4) is 0 Å². The van der Waals surface area contributed by atoms with Gasteiger partial charge in [-0.05, 0) is 19.4 Å². The number of methoxy groups -OCH3 is 1. The van der Waals surface area contributed by atoms with Gasteiger partial charge in [-0.25, -0.2) is 4.39 Å². The van der Waals surface area contributed by atoms with Gasteiger partial charge in [0.15, 0.2) is 11.4 Å². The van der Waals surface area contributed by atoms with E-state index in [0.717, 1.165) is 12.1 Å². The van der Waals surface area contributed by atoms with Crippen molar-refractivity contribution in [2.45, 2.75) is 31.6 Å². The molecule has 2 heterocycles.